The highest BCUT2D eigenvalue weighted by atomic mass is 19.1. The lowest BCUT2D eigenvalue weighted by Gasteiger charge is -2.45. The quantitative estimate of drug-likeness (QED) is 0.799. The second kappa shape index (κ2) is 5.20. The van der Waals surface area contributed by atoms with Crippen LogP contribution in [0.25, 0.3) is 0 Å². The van der Waals surface area contributed by atoms with E-state index in [9.17, 15) is 13.6 Å². The Bertz CT molecular complexity index is 586. The first-order valence-corrected chi connectivity index (χ1v) is 6.36. The second-order valence-electron chi connectivity index (χ2n) is 5.29. The lowest BCUT2D eigenvalue weighted by atomic mass is 9.57. The number of methoxy groups -OCH3 is 1. The average molecular weight is 279 g/mol. The topological polar surface area (TPSA) is 50.1 Å². The zero-order valence-corrected chi connectivity index (χ0v) is 11.4. The summed E-state index contributed by atoms with van der Waals surface area (Å²) in [5, 5.41) is 8.67. The van der Waals surface area contributed by atoms with Crippen LogP contribution in [0.5, 0.6) is 0 Å². The van der Waals surface area contributed by atoms with E-state index in [-0.39, 0.29) is 17.0 Å². The van der Waals surface area contributed by atoms with Gasteiger partial charge in [0.2, 0.25) is 0 Å². The van der Waals surface area contributed by atoms with E-state index in [1.165, 1.54) is 14.0 Å². The van der Waals surface area contributed by atoms with Gasteiger partial charge in [-0.2, -0.15) is 5.26 Å². The van der Waals surface area contributed by atoms with E-state index in [0.717, 1.165) is 12.1 Å². The molecule has 1 aliphatic carbocycles. The first-order valence-electron chi connectivity index (χ1n) is 6.36. The summed E-state index contributed by atoms with van der Waals surface area (Å²) in [7, 11) is 1.23. The van der Waals surface area contributed by atoms with Gasteiger partial charge in [-0.1, -0.05) is 0 Å². The van der Waals surface area contributed by atoms with Crippen molar-refractivity contribution in [1.82, 2.24) is 0 Å². The molecule has 0 amide bonds. The van der Waals surface area contributed by atoms with E-state index in [1.807, 2.05) is 6.07 Å². The van der Waals surface area contributed by atoms with Crippen molar-refractivity contribution in [3.63, 3.8) is 0 Å². The van der Waals surface area contributed by atoms with E-state index in [0.29, 0.717) is 19.3 Å². The maximum Gasteiger partial charge on any atom is 0.316 e. The second-order valence-corrected chi connectivity index (χ2v) is 5.29. The number of nitrogens with zero attached hydrogens (tertiary/aromatic N) is 1. The van der Waals surface area contributed by atoms with Gasteiger partial charge in [0.15, 0.2) is 0 Å². The number of rotatable bonds is 3. The van der Waals surface area contributed by atoms with Crippen molar-refractivity contribution in [2.24, 2.45) is 5.92 Å². The molecule has 0 saturated heterocycles. The van der Waals surface area contributed by atoms with Crippen LogP contribution in [0.2, 0.25) is 0 Å². The van der Waals surface area contributed by atoms with Crippen LogP contribution in [-0.4, -0.2) is 13.1 Å². The third-order valence-electron chi connectivity index (χ3n) is 3.99. The standard InChI is InChI=1S/C15H15F2NO2/c1-9-5-13(17)11(6-12(9)16)15(14(19)20-2)7-10(8-15)3-4-18/h5-6,10H,3,7-8H2,1-2H3. The van der Waals surface area contributed by atoms with Crippen molar-refractivity contribution in [3.8, 4) is 6.07 Å². The molecule has 1 aliphatic rings. The highest BCUT2D eigenvalue weighted by Crippen LogP contribution is 2.50. The summed E-state index contributed by atoms with van der Waals surface area (Å²) in [4.78, 5) is 12.0. The van der Waals surface area contributed by atoms with E-state index < -0.39 is 23.0 Å². The molecule has 5 heteroatoms. The molecule has 0 N–H and O–H groups in total. The van der Waals surface area contributed by atoms with E-state index in [4.69, 9.17) is 10.00 Å². The van der Waals surface area contributed by atoms with Crippen LogP contribution in [-0.2, 0) is 14.9 Å². The molecule has 1 saturated carbocycles. The Labute approximate surface area is 116 Å². The summed E-state index contributed by atoms with van der Waals surface area (Å²) < 4.78 is 32.6. The molecule has 1 aromatic carbocycles. The normalized spacial score (nSPS) is 24.6. The number of benzene rings is 1. The third kappa shape index (κ3) is 2.15. The van der Waals surface area contributed by atoms with Gasteiger partial charge in [-0.05, 0) is 43.4 Å². The Balaban J connectivity index is 2.42. The molecule has 0 atom stereocenters. The van der Waals surface area contributed by atoms with E-state index in [1.54, 1.807) is 0 Å². The van der Waals surface area contributed by atoms with Crippen molar-refractivity contribution in [1.29, 1.82) is 5.26 Å². The summed E-state index contributed by atoms with van der Waals surface area (Å²) in [5.41, 5.74) is -0.935. The zero-order valence-electron chi connectivity index (χ0n) is 11.4. The smallest absolute Gasteiger partial charge is 0.316 e. The minimum Gasteiger partial charge on any atom is -0.468 e. The van der Waals surface area contributed by atoms with Gasteiger partial charge >= 0.3 is 5.97 Å². The van der Waals surface area contributed by atoms with Gasteiger partial charge in [0, 0.05) is 12.0 Å². The number of halogens is 2. The van der Waals surface area contributed by atoms with Gasteiger partial charge in [-0.15, -0.1) is 0 Å². The van der Waals surface area contributed by atoms with Crippen LogP contribution < -0.4 is 0 Å². The molecule has 1 fully saturated rings. The SMILES string of the molecule is COC(=O)C1(c2cc(F)c(C)cc2F)CC(CC#N)C1. The van der Waals surface area contributed by atoms with Crippen molar-refractivity contribution < 1.29 is 18.3 Å². The molecule has 106 valence electrons. The van der Waals surface area contributed by atoms with Gasteiger partial charge < -0.3 is 4.74 Å². The fraction of sp³-hybridized carbons (Fsp3) is 0.467. The maximum atomic E-state index is 14.1. The molecule has 20 heavy (non-hydrogen) atoms. The molecule has 0 radical (unpaired) electrons. The number of aryl methyl sites for hydroxylation is 1. The summed E-state index contributed by atoms with van der Waals surface area (Å²) in [6.07, 6.45) is 0.925. The predicted molar refractivity (Wildman–Crippen MR) is 67.7 cm³/mol. The van der Waals surface area contributed by atoms with Crippen LogP contribution >= 0.6 is 0 Å². The fourth-order valence-electron chi connectivity index (χ4n) is 2.90. The fourth-order valence-corrected chi connectivity index (χ4v) is 2.90. The molecule has 0 aliphatic heterocycles. The van der Waals surface area contributed by atoms with Crippen molar-refractivity contribution in [2.45, 2.75) is 31.6 Å². The number of esters is 1. The zero-order chi connectivity index (χ0) is 14.9. The van der Waals surface area contributed by atoms with Crippen molar-refractivity contribution >= 4 is 5.97 Å². The summed E-state index contributed by atoms with van der Waals surface area (Å²) in [6.45, 7) is 1.46. The molecule has 0 heterocycles. The molecule has 1 aromatic rings. The number of nitriles is 1. The highest BCUT2D eigenvalue weighted by Gasteiger charge is 2.53. The largest absolute Gasteiger partial charge is 0.468 e. The lowest BCUT2D eigenvalue weighted by molar-refractivity contribution is -0.153. The van der Waals surface area contributed by atoms with Crippen LogP contribution in [0.1, 0.15) is 30.4 Å². The Kier molecular flexibility index (Phi) is 3.76. The predicted octanol–water partition coefficient (Wildman–Crippen LogP) is 3.01. The number of hydrogen-bond acceptors (Lipinski definition) is 3. The molecule has 0 bridgehead atoms. The van der Waals surface area contributed by atoms with Gasteiger partial charge in [-0.3, -0.25) is 4.79 Å². The van der Waals surface area contributed by atoms with E-state index in [2.05, 4.69) is 0 Å². The Hall–Kier alpha value is -1.96. The molecular weight excluding hydrogens is 264 g/mol. The summed E-state index contributed by atoms with van der Waals surface area (Å²) in [5.74, 6) is -1.71. The van der Waals surface area contributed by atoms with E-state index >= 15 is 0 Å². The van der Waals surface area contributed by atoms with Crippen LogP contribution in [0, 0.1) is 35.8 Å². The van der Waals surface area contributed by atoms with Crippen LogP contribution in [0.3, 0.4) is 0 Å². The molecule has 3 nitrogen and oxygen atoms in total. The minimum absolute atomic E-state index is 0.0165. The highest BCUT2D eigenvalue weighted by molar-refractivity contribution is 5.84. The van der Waals surface area contributed by atoms with Gasteiger partial charge in [-0.25, -0.2) is 8.78 Å². The summed E-state index contributed by atoms with van der Waals surface area (Å²) >= 11 is 0. The van der Waals surface area contributed by atoms with Gasteiger partial charge in [0.1, 0.15) is 11.6 Å². The lowest BCUT2D eigenvalue weighted by Crippen LogP contribution is -2.49. The van der Waals surface area contributed by atoms with Crippen LogP contribution in [0.15, 0.2) is 12.1 Å². The molecular formula is C15H15F2NO2. The average Bonchev–Trinajstić information content (AvgIpc) is 2.37. The first-order chi connectivity index (χ1) is 9.44. The number of ether oxygens (including phenoxy) is 1. The summed E-state index contributed by atoms with van der Waals surface area (Å²) in [6, 6.07) is 4.19. The van der Waals surface area contributed by atoms with Gasteiger partial charge in [0.05, 0.1) is 18.6 Å². The van der Waals surface area contributed by atoms with Gasteiger partial charge in [0.25, 0.3) is 0 Å². The minimum atomic E-state index is -1.16. The first kappa shape index (κ1) is 14.4. The molecule has 0 unspecified atom stereocenters. The molecule has 2 rings (SSSR count). The molecule has 0 aromatic heterocycles. The Morgan fingerprint density at radius 3 is 2.65 bits per heavy atom. The van der Waals surface area contributed by atoms with Crippen molar-refractivity contribution in [2.75, 3.05) is 7.11 Å². The number of carbonyl (C=O) groups excluding carboxylic acids is 1. The molecule has 0 spiro atoms. The Morgan fingerprint density at radius 1 is 1.45 bits per heavy atom. The van der Waals surface area contributed by atoms with Crippen molar-refractivity contribution in [3.05, 3.63) is 34.9 Å². The van der Waals surface area contributed by atoms with Crippen LogP contribution in [0.4, 0.5) is 8.78 Å². The number of hydrogen-bond donors (Lipinski definition) is 0. The number of carbonyl (C=O) groups is 1. The monoisotopic (exact) mass is 279 g/mol. The maximum absolute atomic E-state index is 14.1. The third-order valence-corrected chi connectivity index (χ3v) is 3.99. The Morgan fingerprint density at radius 2 is 2.10 bits per heavy atom.